The van der Waals surface area contributed by atoms with Gasteiger partial charge >= 0.3 is 6.36 Å². The monoisotopic (exact) mass is 402 g/mol. The van der Waals surface area contributed by atoms with Crippen molar-refractivity contribution < 1.29 is 27.0 Å². The third-order valence-electron chi connectivity index (χ3n) is 6.83. The fourth-order valence-corrected chi connectivity index (χ4v) is 4.94. The summed E-state index contributed by atoms with van der Waals surface area (Å²) in [6, 6.07) is 3.27. The zero-order valence-corrected chi connectivity index (χ0v) is 16.5. The van der Waals surface area contributed by atoms with E-state index in [1.165, 1.54) is 51.0 Å². The molecule has 2 aliphatic carbocycles. The summed E-state index contributed by atoms with van der Waals surface area (Å²) in [5.41, 5.74) is 0.0722. The molecule has 3 rings (SSSR count). The quantitative estimate of drug-likeness (QED) is 0.466. The highest BCUT2D eigenvalue weighted by molar-refractivity contribution is 5.33. The van der Waals surface area contributed by atoms with E-state index in [-0.39, 0.29) is 11.2 Å². The lowest BCUT2D eigenvalue weighted by Gasteiger charge is -2.42. The summed E-state index contributed by atoms with van der Waals surface area (Å²) in [5.74, 6) is 0.0321. The Bertz CT molecular complexity index is 630. The largest absolute Gasteiger partial charge is 0.573 e. The van der Waals surface area contributed by atoms with E-state index in [1.807, 2.05) is 0 Å². The maximum atomic E-state index is 13.9. The number of hydrogen-bond acceptors (Lipinski definition) is 2. The van der Waals surface area contributed by atoms with Crippen LogP contribution in [0.2, 0.25) is 0 Å². The molecule has 0 bridgehead atoms. The Kier molecular flexibility index (Phi) is 6.77. The number of alkyl halides is 3. The highest BCUT2D eigenvalue weighted by Crippen LogP contribution is 2.46. The highest BCUT2D eigenvalue weighted by atomic mass is 19.4. The Morgan fingerprint density at radius 3 is 2.21 bits per heavy atom. The van der Waals surface area contributed by atoms with Crippen LogP contribution in [0.4, 0.5) is 17.6 Å². The van der Waals surface area contributed by atoms with Crippen LogP contribution in [0.15, 0.2) is 18.2 Å². The smallest absolute Gasteiger partial charge is 0.493 e. The minimum absolute atomic E-state index is 0.0722. The summed E-state index contributed by atoms with van der Waals surface area (Å²) in [5, 5.41) is 0. The zero-order chi connectivity index (χ0) is 20.2. The first-order valence-electron chi connectivity index (χ1n) is 10.5. The molecule has 2 nitrogen and oxygen atoms in total. The first-order valence-corrected chi connectivity index (χ1v) is 10.5. The van der Waals surface area contributed by atoms with Crippen LogP contribution in [-0.4, -0.2) is 13.0 Å². The molecular formula is C22H30F4O2. The van der Waals surface area contributed by atoms with Crippen molar-refractivity contribution in [3.63, 3.8) is 0 Å². The van der Waals surface area contributed by atoms with Crippen LogP contribution in [0.5, 0.6) is 11.5 Å². The number of rotatable bonds is 6. The van der Waals surface area contributed by atoms with Gasteiger partial charge in [-0.05, 0) is 56.1 Å². The molecule has 0 aliphatic heterocycles. The van der Waals surface area contributed by atoms with Gasteiger partial charge < -0.3 is 9.47 Å². The van der Waals surface area contributed by atoms with Crippen LogP contribution < -0.4 is 9.47 Å². The topological polar surface area (TPSA) is 18.5 Å². The summed E-state index contributed by atoms with van der Waals surface area (Å²) >= 11 is 0. The van der Waals surface area contributed by atoms with Gasteiger partial charge in [-0.3, -0.25) is 0 Å². The van der Waals surface area contributed by atoms with E-state index in [2.05, 4.69) is 11.7 Å². The summed E-state index contributed by atoms with van der Waals surface area (Å²) in [4.78, 5) is 0. The lowest BCUT2D eigenvalue weighted by atomic mass is 9.64. The third-order valence-corrected chi connectivity index (χ3v) is 6.83. The summed E-state index contributed by atoms with van der Waals surface area (Å²) in [7, 11) is 0. The number of halogens is 4. The molecule has 2 fully saturated rings. The molecule has 1 aromatic rings. The van der Waals surface area contributed by atoms with Gasteiger partial charge in [-0.25, -0.2) is 4.39 Å². The molecule has 0 N–H and O–H groups in total. The molecule has 0 aromatic heterocycles. The lowest BCUT2D eigenvalue weighted by Crippen LogP contribution is -2.35. The number of ether oxygens (including phenoxy) is 2. The van der Waals surface area contributed by atoms with Crippen molar-refractivity contribution in [2.45, 2.75) is 77.5 Å². The van der Waals surface area contributed by atoms with Gasteiger partial charge in [0.15, 0.2) is 11.6 Å². The van der Waals surface area contributed by atoms with Gasteiger partial charge in [0.05, 0.1) is 6.61 Å². The molecular weight excluding hydrogens is 372 g/mol. The molecule has 158 valence electrons. The molecule has 0 atom stereocenters. The Balaban J connectivity index is 1.54. The molecule has 1 aromatic carbocycles. The molecule has 0 heterocycles. The second-order valence-electron chi connectivity index (χ2n) is 8.52. The van der Waals surface area contributed by atoms with E-state index in [0.717, 1.165) is 43.2 Å². The van der Waals surface area contributed by atoms with Gasteiger partial charge in [-0.2, -0.15) is 0 Å². The second-order valence-corrected chi connectivity index (χ2v) is 8.52. The Hall–Kier alpha value is -1.46. The average molecular weight is 402 g/mol. The Morgan fingerprint density at radius 2 is 1.64 bits per heavy atom. The maximum Gasteiger partial charge on any atom is 0.573 e. The third kappa shape index (κ3) is 5.54. The lowest BCUT2D eigenvalue weighted by molar-refractivity contribution is -0.275. The van der Waals surface area contributed by atoms with Gasteiger partial charge in [0.2, 0.25) is 0 Å². The van der Waals surface area contributed by atoms with E-state index in [1.54, 1.807) is 0 Å². The van der Waals surface area contributed by atoms with E-state index in [4.69, 9.17) is 4.74 Å². The van der Waals surface area contributed by atoms with Crippen LogP contribution >= 0.6 is 0 Å². The SMILES string of the molecule is CCC1(COc2ccc(OC(F)(F)F)c(F)c2)CCC(C2CCCCC2)CC1. The van der Waals surface area contributed by atoms with Crippen molar-refractivity contribution in [2.24, 2.45) is 17.3 Å². The standard InChI is InChI=1S/C22H30F4O2/c1-2-21(12-10-17(11-13-21)16-6-4-3-5-7-16)15-27-18-8-9-20(19(23)14-18)28-22(24,25)26/h8-9,14,16-17H,2-7,10-13,15H2,1H3. The van der Waals surface area contributed by atoms with Crippen molar-refractivity contribution >= 4 is 0 Å². The van der Waals surface area contributed by atoms with E-state index >= 15 is 0 Å². The summed E-state index contributed by atoms with van der Waals surface area (Å²) < 4.78 is 60.1. The molecule has 0 radical (unpaired) electrons. The van der Waals surface area contributed by atoms with Crippen molar-refractivity contribution in [1.29, 1.82) is 0 Å². The predicted molar refractivity (Wildman–Crippen MR) is 99.8 cm³/mol. The minimum atomic E-state index is -4.91. The van der Waals surface area contributed by atoms with Gasteiger partial charge in [0.1, 0.15) is 5.75 Å². The molecule has 0 saturated heterocycles. The van der Waals surface area contributed by atoms with Crippen LogP contribution in [0.3, 0.4) is 0 Å². The van der Waals surface area contributed by atoms with E-state index < -0.39 is 17.9 Å². The van der Waals surface area contributed by atoms with Crippen molar-refractivity contribution in [3.05, 3.63) is 24.0 Å². The normalized spacial score (nSPS) is 26.8. The van der Waals surface area contributed by atoms with Crippen LogP contribution in [0, 0.1) is 23.1 Å². The highest BCUT2D eigenvalue weighted by Gasteiger charge is 2.37. The number of hydrogen-bond donors (Lipinski definition) is 0. The Morgan fingerprint density at radius 1 is 1.00 bits per heavy atom. The molecule has 6 heteroatoms. The average Bonchev–Trinajstić information content (AvgIpc) is 2.68. The number of benzene rings is 1. The van der Waals surface area contributed by atoms with Gasteiger partial charge in [-0.1, -0.05) is 39.0 Å². The van der Waals surface area contributed by atoms with Gasteiger partial charge in [-0.15, -0.1) is 13.2 Å². The molecule has 28 heavy (non-hydrogen) atoms. The maximum absolute atomic E-state index is 13.9. The minimum Gasteiger partial charge on any atom is -0.493 e. The fourth-order valence-electron chi connectivity index (χ4n) is 4.94. The van der Waals surface area contributed by atoms with Gasteiger partial charge in [0, 0.05) is 11.5 Å². The van der Waals surface area contributed by atoms with Crippen LogP contribution in [-0.2, 0) is 0 Å². The van der Waals surface area contributed by atoms with Crippen molar-refractivity contribution in [1.82, 2.24) is 0 Å². The van der Waals surface area contributed by atoms with Gasteiger partial charge in [0.25, 0.3) is 0 Å². The second kappa shape index (κ2) is 8.91. The Labute approximate surface area is 164 Å². The molecule has 0 unspecified atom stereocenters. The molecule has 2 aliphatic rings. The van der Waals surface area contributed by atoms with Crippen molar-refractivity contribution in [2.75, 3.05) is 6.61 Å². The molecule has 2 saturated carbocycles. The summed E-state index contributed by atoms with van der Waals surface area (Å²) in [6.45, 7) is 2.63. The van der Waals surface area contributed by atoms with Crippen LogP contribution in [0.1, 0.15) is 71.1 Å². The first kappa shape index (κ1) is 21.3. The van der Waals surface area contributed by atoms with Crippen molar-refractivity contribution in [3.8, 4) is 11.5 Å². The fraction of sp³-hybridized carbons (Fsp3) is 0.727. The predicted octanol–water partition coefficient (Wildman–Crippen LogP) is 7.27. The zero-order valence-electron chi connectivity index (χ0n) is 16.5. The summed E-state index contributed by atoms with van der Waals surface area (Å²) in [6.07, 6.45) is 7.55. The van der Waals surface area contributed by atoms with Crippen LogP contribution in [0.25, 0.3) is 0 Å². The van der Waals surface area contributed by atoms with E-state index in [9.17, 15) is 17.6 Å². The molecule has 0 amide bonds. The molecule has 0 spiro atoms. The first-order chi connectivity index (χ1) is 13.3. The van der Waals surface area contributed by atoms with E-state index in [0.29, 0.717) is 6.61 Å².